The first-order chi connectivity index (χ1) is 13.2. The molecule has 1 heterocycles. The second-order valence-electron chi connectivity index (χ2n) is 6.06. The van der Waals surface area contributed by atoms with Crippen molar-refractivity contribution in [2.45, 2.75) is 13.1 Å². The van der Waals surface area contributed by atoms with Crippen LogP contribution in [-0.4, -0.2) is 24.2 Å². The van der Waals surface area contributed by atoms with Crippen molar-refractivity contribution in [3.8, 4) is 11.5 Å². The van der Waals surface area contributed by atoms with E-state index in [2.05, 4.69) is 45.7 Å². The first-order valence-electron chi connectivity index (χ1n) is 8.67. The van der Waals surface area contributed by atoms with Crippen molar-refractivity contribution in [2.75, 3.05) is 19.1 Å². The van der Waals surface area contributed by atoms with E-state index in [4.69, 9.17) is 9.47 Å². The molecule has 0 N–H and O–H groups in total. The number of nitrogens with zero attached hydrogens (tertiary/aromatic N) is 3. The zero-order valence-electron chi connectivity index (χ0n) is 15.6. The molecular weight excluding hydrogens is 338 g/mol. The zero-order chi connectivity index (χ0) is 19.1. The van der Waals surface area contributed by atoms with Crippen molar-refractivity contribution in [2.24, 2.45) is 0 Å². The van der Waals surface area contributed by atoms with Crippen molar-refractivity contribution in [3.63, 3.8) is 0 Å². The fourth-order valence-corrected chi connectivity index (χ4v) is 2.72. The lowest BCUT2D eigenvalue weighted by Crippen LogP contribution is -2.23. The zero-order valence-corrected chi connectivity index (χ0v) is 15.6. The average Bonchev–Trinajstić information content (AvgIpc) is 2.74. The Morgan fingerprint density at radius 1 is 0.815 bits per heavy atom. The van der Waals surface area contributed by atoms with E-state index in [0.29, 0.717) is 13.1 Å². The van der Waals surface area contributed by atoms with E-state index < -0.39 is 0 Å². The molecule has 3 rings (SSSR count). The predicted octanol–water partition coefficient (Wildman–Crippen LogP) is 4.34. The molecule has 0 bridgehead atoms. The van der Waals surface area contributed by atoms with Gasteiger partial charge in [0, 0.05) is 13.1 Å². The molecule has 1 aromatic heterocycles. The number of anilines is 1. The maximum absolute atomic E-state index is 5.24. The van der Waals surface area contributed by atoms with Crippen molar-refractivity contribution in [1.29, 1.82) is 0 Å². The molecule has 5 heteroatoms. The van der Waals surface area contributed by atoms with Crippen molar-refractivity contribution in [3.05, 3.63) is 84.3 Å². The summed E-state index contributed by atoms with van der Waals surface area (Å²) in [5, 5.41) is 0. The highest BCUT2D eigenvalue weighted by atomic mass is 16.5. The Labute approximate surface area is 159 Å². The standard InChI is InChI=1S/C22H23N3O2/c1-4-19-13-24-22(14-23-19)25(15-17-5-9-20(26-2)10-6-17)16-18-7-11-21(27-3)12-8-18/h4-14H,1,15-16H2,2-3H3. The molecule has 0 atom stereocenters. The van der Waals surface area contributed by atoms with Gasteiger partial charge in [-0.2, -0.15) is 0 Å². The molecule has 0 radical (unpaired) electrons. The smallest absolute Gasteiger partial charge is 0.147 e. The molecule has 0 saturated heterocycles. The third-order valence-electron chi connectivity index (χ3n) is 4.26. The largest absolute Gasteiger partial charge is 0.497 e. The van der Waals surface area contributed by atoms with Gasteiger partial charge in [-0.3, -0.25) is 4.98 Å². The Hall–Kier alpha value is -3.34. The Morgan fingerprint density at radius 3 is 1.70 bits per heavy atom. The molecule has 0 aliphatic rings. The van der Waals surface area contributed by atoms with E-state index in [1.165, 1.54) is 11.1 Å². The van der Waals surface area contributed by atoms with Crippen LogP contribution in [0.5, 0.6) is 11.5 Å². The predicted molar refractivity (Wildman–Crippen MR) is 108 cm³/mol. The minimum atomic E-state index is 0.706. The lowest BCUT2D eigenvalue weighted by Gasteiger charge is -2.24. The number of methoxy groups -OCH3 is 2. The Bertz CT molecular complexity index is 810. The maximum Gasteiger partial charge on any atom is 0.147 e. The van der Waals surface area contributed by atoms with Crippen LogP contribution in [-0.2, 0) is 13.1 Å². The highest BCUT2D eigenvalue weighted by Gasteiger charge is 2.11. The molecule has 5 nitrogen and oxygen atoms in total. The lowest BCUT2D eigenvalue weighted by atomic mass is 10.1. The van der Waals surface area contributed by atoms with Gasteiger partial charge in [-0.15, -0.1) is 0 Å². The average molecular weight is 361 g/mol. The van der Waals surface area contributed by atoms with Gasteiger partial charge in [0.1, 0.15) is 17.3 Å². The van der Waals surface area contributed by atoms with E-state index in [1.54, 1.807) is 32.7 Å². The summed E-state index contributed by atoms with van der Waals surface area (Å²) < 4.78 is 10.5. The van der Waals surface area contributed by atoms with Crippen molar-refractivity contribution < 1.29 is 9.47 Å². The molecule has 0 fully saturated rings. The molecule has 3 aromatic rings. The molecule has 27 heavy (non-hydrogen) atoms. The van der Waals surface area contributed by atoms with Gasteiger partial charge in [0.2, 0.25) is 0 Å². The van der Waals surface area contributed by atoms with Crippen molar-refractivity contribution >= 4 is 11.9 Å². The summed E-state index contributed by atoms with van der Waals surface area (Å²) in [5.41, 5.74) is 3.09. The van der Waals surface area contributed by atoms with Crippen molar-refractivity contribution in [1.82, 2.24) is 9.97 Å². The topological polar surface area (TPSA) is 47.5 Å². The van der Waals surface area contributed by atoms with Gasteiger partial charge >= 0.3 is 0 Å². The normalized spacial score (nSPS) is 10.3. The van der Waals surface area contributed by atoms with Gasteiger partial charge in [0.05, 0.1) is 32.3 Å². The summed E-state index contributed by atoms with van der Waals surface area (Å²) in [7, 11) is 3.34. The first kappa shape index (κ1) is 18.5. The summed E-state index contributed by atoms with van der Waals surface area (Å²) in [5.74, 6) is 2.50. The van der Waals surface area contributed by atoms with Gasteiger partial charge in [-0.1, -0.05) is 30.8 Å². The number of hydrogen-bond donors (Lipinski definition) is 0. The summed E-state index contributed by atoms with van der Waals surface area (Å²) in [4.78, 5) is 11.1. The van der Waals surface area contributed by atoms with Crippen LogP contribution < -0.4 is 14.4 Å². The van der Waals surface area contributed by atoms with Crippen LogP contribution in [0.1, 0.15) is 16.8 Å². The number of aromatic nitrogens is 2. The van der Waals surface area contributed by atoms with Crippen LogP contribution >= 0.6 is 0 Å². The second kappa shape index (κ2) is 8.85. The van der Waals surface area contributed by atoms with E-state index in [1.807, 2.05) is 24.3 Å². The van der Waals surface area contributed by atoms with Gasteiger partial charge in [-0.25, -0.2) is 4.98 Å². The second-order valence-corrected chi connectivity index (χ2v) is 6.06. The molecule has 2 aromatic carbocycles. The number of benzene rings is 2. The van der Waals surface area contributed by atoms with Gasteiger partial charge < -0.3 is 14.4 Å². The highest BCUT2D eigenvalue weighted by molar-refractivity contribution is 5.45. The quantitative estimate of drug-likeness (QED) is 0.597. The van der Waals surface area contributed by atoms with Crippen LogP contribution in [0.4, 0.5) is 5.82 Å². The van der Waals surface area contributed by atoms with Gasteiger partial charge in [-0.05, 0) is 41.5 Å². The Kier molecular flexibility index (Phi) is 6.05. The summed E-state index contributed by atoms with van der Waals surface area (Å²) in [6, 6.07) is 16.1. The fourth-order valence-electron chi connectivity index (χ4n) is 2.72. The van der Waals surface area contributed by atoms with E-state index in [9.17, 15) is 0 Å². The van der Waals surface area contributed by atoms with Crippen LogP contribution in [0, 0.1) is 0 Å². The number of ether oxygens (including phenoxy) is 2. The minimum Gasteiger partial charge on any atom is -0.497 e. The summed E-state index contributed by atoms with van der Waals surface area (Å²) in [6.45, 7) is 5.15. The molecule has 138 valence electrons. The molecule has 0 spiro atoms. The van der Waals surface area contributed by atoms with Crippen LogP contribution in [0.15, 0.2) is 67.5 Å². The highest BCUT2D eigenvalue weighted by Crippen LogP contribution is 2.20. The van der Waals surface area contributed by atoms with E-state index >= 15 is 0 Å². The van der Waals surface area contributed by atoms with Gasteiger partial charge in [0.25, 0.3) is 0 Å². The summed E-state index contributed by atoms with van der Waals surface area (Å²) in [6.07, 6.45) is 5.20. The Morgan fingerprint density at radius 2 is 1.33 bits per heavy atom. The summed E-state index contributed by atoms with van der Waals surface area (Å²) >= 11 is 0. The SMILES string of the molecule is C=Cc1cnc(N(Cc2ccc(OC)cc2)Cc2ccc(OC)cc2)cn1. The van der Waals surface area contributed by atoms with Crippen LogP contribution in [0.2, 0.25) is 0 Å². The van der Waals surface area contributed by atoms with Gasteiger partial charge in [0.15, 0.2) is 0 Å². The molecule has 0 amide bonds. The third kappa shape index (κ3) is 4.85. The number of rotatable bonds is 8. The lowest BCUT2D eigenvalue weighted by molar-refractivity contribution is 0.414. The van der Waals surface area contributed by atoms with E-state index in [-0.39, 0.29) is 0 Å². The molecule has 0 aliphatic carbocycles. The molecular formula is C22H23N3O2. The number of hydrogen-bond acceptors (Lipinski definition) is 5. The third-order valence-corrected chi connectivity index (χ3v) is 4.26. The molecule has 0 unspecified atom stereocenters. The van der Waals surface area contributed by atoms with Crippen LogP contribution in [0.25, 0.3) is 6.08 Å². The maximum atomic E-state index is 5.24. The monoisotopic (exact) mass is 361 g/mol. The fraction of sp³-hybridized carbons (Fsp3) is 0.182. The first-order valence-corrected chi connectivity index (χ1v) is 8.67. The molecule has 0 saturated carbocycles. The Balaban J connectivity index is 1.84. The minimum absolute atomic E-state index is 0.706. The van der Waals surface area contributed by atoms with E-state index in [0.717, 1.165) is 23.0 Å². The van der Waals surface area contributed by atoms with Crippen LogP contribution in [0.3, 0.4) is 0 Å². The molecule has 0 aliphatic heterocycles.